The normalized spacial score (nSPS) is 25.0. The summed E-state index contributed by atoms with van der Waals surface area (Å²) >= 11 is 0. The molecule has 2 amide bonds. The number of hydrogen-bond acceptors (Lipinski definition) is 4. The number of hydrogen-bond donors (Lipinski definition) is 0. The van der Waals surface area contributed by atoms with Crippen molar-refractivity contribution in [2.75, 3.05) is 5.06 Å². The molecule has 0 saturated carbocycles. The van der Waals surface area contributed by atoms with Crippen LogP contribution in [0.5, 0.6) is 0 Å². The van der Waals surface area contributed by atoms with Gasteiger partial charge in [0.2, 0.25) is 5.91 Å². The number of imide groups is 1. The molecule has 0 unspecified atom stereocenters. The van der Waals surface area contributed by atoms with Gasteiger partial charge in [-0.1, -0.05) is 61.9 Å². The van der Waals surface area contributed by atoms with E-state index in [1.165, 1.54) is 4.90 Å². The Labute approximate surface area is 153 Å². The zero-order chi connectivity index (χ0) is 18.1. The van der Waals surface area contributed by atoms with E-state index in [-0.39, 0.29) is 17.9 Å². The van der Waals surface area contributed by atoms with Gasteiger partial charge < -0.3 is 0 Å². The van der Waals surface area contributed by atoms with E-state index in [1.54, 1.807) is 5.06 Å². The van der Waals surface area contributed by atoms with Crippen molar-refractivity contribution in [1.82, 2.24) is 4.90 Å². The Morgan fingerprint density at radius 1 is 0.923 bits per heavy atom. The first-order valence-electron chi connectivity index (χ1n) is 9.11. The second kappa shape index (κ2) is 6.92. The van der Waals surface area contributed by atoms with Gasteiger partial charge in [-0.3, -0.25) is 19.3 Å². The molecule has 0 spiro atoms. The second-order valence-corrected chi connectivity index (χ2v) is 6.82. The minimum atomic E-state index is -0.719. The average Bonchev–Trinajstić information content (AvgIpc) is 3.16. The lowest BCUT2D eigenvalue weighted by Crippen LogP contribution is -2.40. The van der Waals surface area contributed by atoms with Crippen molar-refractivity contribution >= 4 is 17.5 Å². The number of rotatable bonds is 5. The molecule has 5 heteroatoms. The van der Waals surface area contributed by atoms with Gasteiger partial charge in [-0.2, -0.15) is 0 Å². The van der Waals surface area contributed by atoms with Crippen LogP contribution in [-0.2, 0) is 21.0 Å². The predicted molar refractivity (Wildman–Crippen MR) is 98.0 cm³/mol. The molecule has 26 heavy (non-hydrogen) atoms. The van der Waals surface area contributed by atoms with E-state index in [0.717, 1.165) is 24.1 Å². The number of nitrogens with zero attached hydrogens (tertiary/aromatic N) is 2. The second-order valence-electron chi connectivity index (χ2n) is 6.82. The molecule has 2 aromatic rings. The molecule has 2 fully saturated rings. The molecule has 0 aliphatic carbocycles. The van der Waals surface area contributed by atoms with E-state index in [4.69, 9.17) is 4.84 Å². The van der Waals surface area contributed by atoms with Crippen molar-refractivity contribution in [2.24, 2.45) is 5.92 Å². The summed E-state index contributed by atoms with van der Waals surface area (Å²) in [6.45, 7) is 2.39. The smallest absolute Gasteiger partial charge is 0.262 e. The van der Waals surface area contributed by atoms with E-state index in [1.807, 2.05) is 60.7 Å². The Morgan fingerprint density at radius 2 is 1.58 bits per heavy atom. The number of anilines is 1. The summed E-state index contributed by atoms with van der Waals surface area (Å²) in [5.74, 6) is -0.796. The zero-order valence-corrected chi connectivity index (χ0v) is 14.7. The Morgan fingerprint density at radius 3 is 2.23 bits per heavy atom. The van der Waals surface area contributed by atoms with E-state index < -0.39 is 12.0 Å². The SMILES string of the molecule is CCC[C@@H]1[C@H]2C(=O)N(Cc3ccccc3)C(=O)[C@H]2ON1c1ccccc1. The summed E-state index contributed by atoms with van der Waals surface area (Å²) in [6, 6.07) is 19.2. The van der Waals surface area contributed by atoms with Crippen LogP contribution in [-0.4, -0.2) is 28.9 Å². The molecule has 3 atom stereocenters. The lowest BCUT2D eigenvalue weighted by Gasteiger charge is -2.28. The lowest BCUT2D eigenvalue weighted by atomic mass is 9.93. The van der Waals surface area contributed by atoms with Crippen LogP contribution in [0.4, 0.5) is 5.69 Å². The van der Waals surface area contributed by atoms with Gasteiger partial charge in [0, 0.05) is 0 Å². The molecular formula is C21H22N2O3. The standard InChI is InChI=1S/C21H22N2O3/c1-2-9-17-18-19(26-23(17)16-12-7-4-8-13-16)21(25)22(20(18)24)14-15-10-5-3-6-11-15/h3-8,10-13,17-19H,2,9,14H2,1H3/t17-,18-,19+/m1/s1. The van der Waals surface area contributed by atoms with Crippen molar-refractivity contribution in [1.29, 1.82) is 0 Å². The van der Waals surface area contributed by atoms with Crippen LogP contribution < -0.4 is 5.06 Å². The minimum absolute atomic E-state index is 0.121. The number of likely N-dealkylation sites (tertiary alicyclic amines) is 1. The molecule has 0 N–H and O–H groups in total. The third kappa shape index (κ3) is 2.78. The monoisotopic (exact) mass is 350 g/mol. The molecule has 5 nitrogen and oxygen atoms in total. The fraction of sp³-hybridized carbons (Fsp3) is 0.333. The van der Waals surface area contributed by atoms with E-state index in [9.17, 15) is 9.59 Å². The number of amides is 2. The minimum Gasteiger partial charge on any atom is -0.275 e. The van der Waals surface area contributed by atoms with Gasteiger partial charge >= 0.3 is 0 Å². The van der Waals surface area contributed by atoms with Gasteiger partial charge in [-0.05, 0) is 24.1 Å². The molecule has 4 rings (SSSR count). The zero-order valence-electron chi connectivity index (χ0n) is 14.7. The highest BCUT2D eigenvalue weighted by molar-refractivity contribution is 6.07. The Bertz CT molecular complexity index is 793. The van der Waals surface area contributed by atoms with E-state index >= 15 is 0 Å². The Balaban J connectivity index is 1.60. The topological polar surface area (TPSA) is 49.9 Å². The van der Waals surface area contributed by atoms with Crippen LogP contribution in [0.3, 0.4) is 0 Å². The molecule has 2 aliphatic heterocycles. The Hall–Kier alpha value is -2.66. The Kier molecular flexibility index (Phi) is 4.47. The fourth-order valence-electron chi connectivity index (χ4n) is 3.89. The van der Waals surface area contributed by atoms with Crippen LogP contribution in [0, 0.1) is 5.92 Å². The van der Waals surface area contributed by atoms with Crippen molar-refractivity contribution < 1.29 is 14.4 Å². The molecule has 2 aliphatic rings. The van der Waals surface area contributed by atoms with Gasteiger partial charge in [-0.25, -0.2) is 5.06 Å². The molecule has 0 radical (unpaired) electrons. The number of benzene rings is 2. The van der Waals surface area contributed by atoms with Gasteiger partial charge in [0.1, 0.15) is 0 Å². The molecule has 2 aromatic carbocycles. The van der Waals surface area contributed by atoms with Crippen molar-refractivity contribution in [2.45, 2.75) is 38.5 Å². The van der Waals surface area contributed by atoms with Gasteiger partial charge in [-0.15, -0.1) is 0 Å². The largest absolute Gasteiger partial charge is 0.275 e. The molecular weight excluding hydrogens is 328 g/mol. The number of carbonyl (C=O) groups is 2. The summed E-state index contributed by atoms with van der Waals surface area (Å²) in [5.41, 5.74) is 1.83. The highest BCUT2D eigenvalue weighted by atomic mass is 16.7. The average molecular weight is 350 g/mol. The number of hydroxylamine groups is 1. The fourth-order valence-corrected chi connectivity index (χ4v) is 3.89. The van der Waals surface area contributed by atoms with Crippen LogP contribution >= 0.6 is 0 Å². The van der Waals surface area contributed by atoms with Crippen LogP contribution in [0.2, 0.25) is 0 Å². The van der Waals surface area contributed by atoms with Crippen LogP contribution in [0.25, 0.3) is 0 Å². The summed E-state index contributed by atoms with van der Waals surface area (Å²) in [7, 11) is 0. The third-order valence-electron chi connectivity index (χ3n) is 5.11. The number of fused-ring (bicyclic) bond motifs is 1. The molecule has 0 bridgehead atoms. The van der Waals surface area contributed by atoms with Gasteiger partial charge in [0.25, 0.3) is 5.91 Å². The predicted octanol–water partition coefficient (Wildman–Crippen LogP) is 3.16. The first-order valence-corrected chi connectivity index (χ1v) is 9.11. The third-order valence-corrected chi connectivity index (χ3v) is 5.11. The van der Waals surface area contributed by atoms with E-state index in [2.05, 4.69) is 6.92 Å². The number of carbonyl (C=O) groups excluding carboxylic acids is 2. The molecule has 2 saturated heterocycles. The van der Waals surface area contributed by atoms with E-state index in [0.29, 0.717) is 6.54 Å². The van der Waals surface area contributed by atoms with Crippen LogP contribution in [0.15, 0.2) is 60.7 Å². The first kappa shape index (κ1) is 16.8. The maximum atomic E-state index is 13.1. The summed E-state index contributed by atoms with van der Waals surface area (Å²) in [4.78, 5) is 33.3. The highest BCUT2D eigenvalue weighted by Crippen LogP contribution is 2.40. The number of para-hydroxylation sites is 1. The maximum Gasteiger partial charge on any atom is 0.262 e. The van der Waals surface area contributed by atoms with Crippen molar-refractivity contribution in [3.8, 4) is 0 Å². The van der Waals surface area contributed by atoms with Crippen LogP contribution in [0.1, 0.15) is 25.3 Å². The van der Waals surface area contributed by atoms with Crippen molar-refractivity contribution in [3.05, 3.63) is 66.2 Å². The lowest BCUT2D eigenvalue weighted by molar-refractivity contribution is -0.143. The first-order chi connectivity index (χ1) is 12.7. The summed E-state index contributed by atoms with van der Waals surface area (Å²) in [6.07, 6.45) is 0.998. The maximum absolute atomic E-state index is 13.1. The van der Waals surface area contributed by atoms with Crippen molar-refractivity contribution in [3.63, 3.8) is 0 Å². The van der Waals surface area contributed by atoms with Gasteiger partial charge in [0.05, 0.1) is 24.2 Å². The summed E-state index contributed by atoms with van der Waals surface area (Å²) < 4.78 is 0. The molecule has 2 heterocycles. The highest BCUT2D eigenvalue weighted by Gasteiger charge is 2.58. The summed E-state index contributed by atoms with van der Waals surface area (Å²) in [5, 5.41) is 1.77. The quantitative estimate of drug-likeness (QED) is 0.777. The molecule has 0 aromatic heterocycles. The molecule has 134 valence electrons. The van der Waals surface area contributed by atoms with Gasteiger partial charge in [0.15, 0.2) is 6.10 Å².